The first-order valence-electron chi connectivity index (χ1n) is 6.64. The Morgan fingerprint density at radius 1 is 0.591 bits per heavy atom. The van der Waals surface area contributed by atoms with Gasteiger partial charge >= 0.3 is 150 Å². The van der Waals surface area contributed by atoms with E-state index in [9.17, 15) is 0 Å². The van der Waals surface area contributed by atoms with E-state index in [4.69, 9.17) is 45.0 Å². The van der Waals surface area contributed by atoms with Crippen molar-refractivity contribution >= 4 is 66.8 Å². The monoisotopic (exact) mass is 414 g/mol. The van der Waals surface area contributed by atoms with E-state index in [1.165, 1.54) is 0 Å². The summed E-state index contributed by atoms with van der Waals surface area (Å²) in [6.07, 6.45) is 0. The average molecular weight is 416 g/mol. The molecule has 0 N–H and O–H groups in total. The van der Waals surface area contributed by atoms with Crippen molar-refractivity contribution in [2.45, 2.75) is 0 Å². The van der Waals surface area contributed by atoms with Gasteiger partial charge in [0.05, 0.1) is 0 Å². The van der Waals surface area contributed by atoms with E-state index >= 15 is 0 Å². The Labute approximate surface area is 150 Å². The van der Waals surface area contributed by atoms with Crippen molar-refractivity contribution in [3.8, 4) is 0 Å². The first-order valence-corrected chi connectivity index (χ1v) is 14.5. The predicted molar refractivity (Wildman–Crippen MR) is 105 cm³/mol. The number of nitrogens with zero attached hydrogens (tertiary/aromatic N) is 2. The van der Waals surface area contributed by atoms with E-state index in [0.717, 1.165) is 10.6 Å². The fraction of sp³-hybridized carbons (Fsp3) is 0.143. The van der Waals surface area contributed by atoms with E-state index in [1.807, 2.05) is 83.6 Å². The summed E-state index contributed by atoms with van der Waals surface area (Å²) in [4.78, 5) is 0. The van der Waals surface area contributed by atoms with Gasteiger partial charge in [-0.3, -0.25) is 0 Å². The first kappa shape index (κ1) is 17.2. The molecule has 8 heteroatoms. The molecule has 3 rings (SSSR count). The van der Waals surface area contributed by atoms with Crippen molar-refractivity contribution in [1.82, 2.24) is 8.88 Å². The number of benzene rings is 2. The molecule has 120 valence electrons. The Morgan fingerprint density at radius 2 is 0.864 bits per heavy atom. The van der Waals surface area contributed by atoms with Gasteiger partial charge in [0, 0.05) is 0 Å². The zero-order valence-electron chi connectivity index (χ0n) is 12.1. The molecule has 0 saturated carbocycles. The van der Waals surface area contributed by atoms with Gasteiger partial charge in [-0.1, -0.05) is 0 Å². The van der Waals surface area contributed by atoms with Gasteiger partial charge in [-0.05, 0) is 0 Å². The molecule has 0 aromatic heterocycles. The number of rotatable bonds is 2. The summed E-state index contributed by atoms with van der Waals surface area (Å²) in [6.45, 7) is 0. The third-order valence-corrected chi connectivity index (χ3v) is 25.1. The summed E-state index contributed by atoms with van der Waals surface area (Å²) >= 11 is 28.1. The van der Waals surface area contributed by atoms with Crippen LogP contribution in [-0.2, 0) is 0 Å². The normalized spacial score (nSPS) is 29.2. The van der Waals surface area contributed by atoms with Gasteiger partial charge in [0.25, 0.3) is 0 Å². The SMILES string of the molecule is CN1P(Cl)(Cl)(c2ccccc2)N(C)P1(Cl)(Cl)c1ccccc1. The van der Waals surface area contributed by atoms with Crippen LogP contribution in [0.4, 0.5) is 0 Å². The van der Waals surface area contributed by atoms with Gasteiger partial charge in [-0.15, -0.1) is 0 Å². The van der Waals surface area contributed by atoms with E-state index in [2.05, 4.69) is 0 Å². The summed E-state index contributed by atoms with van der Waals surface area (Å²) in [6, 6.07) is 19.2. The quantitative estimate of drug-likeness (QED) is 0.563. The fourth-order valence-corrected chi connectivity index (χ4v) is 25.9. The standard InChI is InChI=1S/C14H16Cl4N2P2/c1-19-21(15,16,13-9-5-3-6-10-13)20(2)22(19,17,18)14-11-7-4-8-12-14/h3-12H,1-2H3. The van der Waals surface area contributed by atoms with Gasteiger partial charge in [-0.2, -0.15) is 0 Å². The Bertz CT molecular complexity index is 645. The predicted octanol–water partition coefficient (Wildman–Crippen LogP) is 5.90. The molecule has 2 nitrogen and oxygen atoms in total. The number of halogens is 4. The van der Waals surface area contributed by atoms with Gasteiger partial charge < -0.3 is 0 Å². The molecule has 1 fully saturated rings. The van der Waals surface area contributed by atoms with E-state index in [-0.39, 0.29) is 0 Å². The Kier molecular flexibility index (Phi) is 3.87. The molecule has 0 radical (unpaired) electrons. The molecule has 0 spiro atoms. The minimum atomic E-state index is -3.56. The van der Waals surface area contributed by atoms with Crippen LogP contribution in [0.25, 0.3) is 0 Å². The van der Waals surface area contributed by atoms with E-state index < -0.39 is 11.2 Å². The molecular weight excluding hydrogens is 400 g/mol. The van der Waals surface area contributed by atoms with Crippen molar-refractivity contribution in [1.29, 1.82) is 0 Å². The van der Waals surface area contributed by atoms with Gasteiger partial charge in [0.15, 0.2) is 0 Å². The number of hydrogen-bond acceptors (Lipinski definition) is 2. The second-order valence-corrected chi connectivity index (χ2v) is 21.4. The van der Waals surface area contributed by atoms with Crippen LogP contribution in [0.3, 0.4) is 0 Å². The molecule has 2 aromatic carbocycles. The Morgan fingerprint density at radius 3 is 1.14 bits per heavy atom. The molecular formula is C14H16Cl4N2P2. The van der Waals surface area contributed by atoms with Crippen LogP contribution in [0.1, 0.15) is 0 Å². The third kappa shape index (κ3) is 1.85. The maximum atomic E-state index is 7.02. The Balaban J connectivity index is 2.20. The second kappa shape index (κ2) is 4.94. The molecule has 0 aliphatic carbocycles. The molecule has 1 aliphatic rings. The summed E-state index contributed by atoms with van der Waals surface area (Å²) in [7, 11) is 3.63. The molecule has 22 heavy (non-hydrogen) atoms. The van der Waals surface area contributed by atoms with Crippen LogP contribution in [0.5, 0.6) is 0 Å². The molecule has 0 atom stereocenters. The van der Waals surface area contributed by atoms with Crippen molar-refractivity contribution in [3.63, 3.8) is 0 Å². The van der Waals surface area contributed by atoms with E-state index in [0.29, 0.717) is 0 Å². The zero-order chi connectivity index (χ0) is 16.3. The molecule has 2 aromatic rings. The molecule has 1 aliphatic heterocycles. The van der Waals surface area contributed by atoms with E-state index in [1.54, 1.807) is 0 Å². The second-order valence-electron chi connectivity index (χ2n) is 5.30. The van der Waals surface area contributed by atoms with Crippen molar-refractivity contribution < 1.29 is 0 Å². The van der Waals surface area contributed by atoms with Gasteiger partial charge in [-0.25, -0.2) is 0 Å². The van der Waals surface area contributed by atoms with Crippen LogP contribution in [0, 0.1) is 0 Å². The van der Waals surface area contributed by atoms with Crippen molar-refractivity contribution in [3.05, 3.63) is 60.7 Å². The van der Waals surface area contributed by atoms with Crippen LogP contribution >= 0.6 is 56.2 Å². The molecule has 0 amide bonds. The van der Waals surface area contributed by atoms with Crippen molar-refractivity contribution in [2.24, 2.45) is 0 Å². The Hall–Kier alpha value is 0.380. The van der Waals surface area contributed by atoms with Crippen LogP contribution in [0.15, 0.2) is 60.7 Å². The zero-order valence-corrected chi connectivity index (χ0v) is 16.9. The topological polar surface area (TPSA) is 6.48 Å². The summed E-state index contributed by atoms with van der Waals surface area (Å²) in [5.41, 5.74) is -7.11. The van der Waals surface area contributed by atoms with Crippen LogP contribution < -0.4 is 10.6 Å². The minimum absolute atomic E-state index is 0.833. The summed E-state index contributed by atoms with van der Waals surface area (Å²) in [5.74, 6) is 0. The molecule has 0 unspecified atom stereocenters. The van der Waals surface area contributed by atoms with Crippen molar-refractivity contribution in [2.75, 3.05) is 14.1 Å². The van der Waals surface area contributed by atoms with Gasteiger partial charge in [0.2, 0.25) is 0 Å². The third-order valence-electron chi connectivity index (χ3n) is 4.34. The average Bonchev–Trinajstić information content (AvgIpc) is 2.55. The van der Waals surface area contributed by atoms with Crippen LogP contribution in [0.2, 0.25) is 0 Å². The molecule has 1 saturated heterocycles. The summed E-state index contributed by atoms with van der Waals surface area (Å²) < 4.78 is 3.63. The molecule has 0 bridgehead atoms. The van der Waals surface area contributed by atoms with Gasteiger partial charge in [0.1, 0.15) is 0 Å². The number of hydrogen-bond donors (Lipinski definition) is 0. The summed E-state index contributed by atoms with van der Waals surface area (Å²) in [5, 5.41) is 1.67. The fourth-order valence-electron chi connectivity index (χ4n) is 2.88. The van der Waals surface area contributed by atoms with Crippen LogP contribution in [-0.4, -0.2) is 23.0 Å². The maximum absolute atomic E-state index is 7.02. The first-order chi connectivity index (χ1) is 10.1. The molecule has 1 heterocycles.